The van der Waals surface area contributed by atoms with Crippen LogP contribution in [0.4, 0.5) is 13.2 Å². The van der Waals surface area contributed by atoms with E-state index in [4.69, 9.17) is 0 Å². The first-order chi connectivity index (χ1) is 13.3. The second-order valence-electron chi connectivity index (χ2n) is 8.85. The summed E-state index contributed by atoms with van der Waals surface area (Å²) >= 11 is 0. The topological polar surface area (TPSA) is 40.5 Å². The van der Waals surface area contributed by atoms with Gasteiger partial charge in [-0.05, 0) is 70.6 Å². The zero-order chi connectivity index (χ0) is 20.1. The fraction of sp³-hybridized carbons (Fsp3) is 0.826. The Morgan fingerprint density at radius 3 is 1.50 bits per heavy atom. The van der Waals surface area contributed by atoms with Crippen LogP contribution in [0.5, 0.6) is 0 Å². The lowest BCUT2D eigenvalue weighted by atomic mass is 9.73. The van der Waals surface area contributed by atoms with Gasteiger partial charge in [-0.2, -0.15) is 13.2 Å². The molecule has 3 rings (SSSR count). The predicted octanol–water partition coefficient (Wildman–Crippen LogP) is 4.69. The largest absolute Gasteiger partial charge is 0.393 e. The van der Waals surface area contributed by atoms with Crippen molar-refractivity contribution in [1.29, 1.82) is 0 Å². The Kier molecular flexibility index (Phi) is 7.35. The lowest BCUT2D eigenvalue weighted by Crippen LogP contribution is -2.35. The van der Waals surface area contributed by atoms with Crippen molar-refractivity contribution in [2.45, 2.75) is 89.0 Å². The number of alkyl halides is 3. The molecule has 3 unspecified atom stereocenters. The van der Waals surface area contributed by atoms with Gasteiger partial charge < -0.3 is 10.2 Å². The van der Waals surface area contributed by atoms with E-state index in [-0.39, 0.29) is 36.4 Å². The van der Waals surface area contributed by atoms with Crippen molar-refractivity contribution < 1.29 is 23.4 Å². The maximum atomic E-state index is 13.6. The molecule has 3 saturated carbocycles. The van der Waals surface area contributed by atoms with Crippen molar-refractivity contribution in [2.75, 3.05) is 0 Å². The van der Waals surface area contributed by atoms with Crippen LogP contribution in [-0.4, -0.2) is 28.6 Å². The fourth-order valence-electron chi connectivity index (χ4n) is 4.74. The van der Waals surface area contributed by atoms with Gasteiger partial charge in [-0.15, -0.1) is 0 Å². The molecule has 0 spiro atoms. The minimum atomic E-state index is -4.24. The Morgan fingerprint density at radius 2 is 1.00 bits per heavy atom. The fourth-order valence-corrected chi connectivity index (χ4v) is 4.74. The van der Waals surface area contributed by atoms with Gasteiger partial charge in [0.1, 0.15) is 0 Å². The molecule has 0 heterocycles. The van der Waals surface area contributed by atoms with E-state index in [1.54, 1.807) is 0 Å². The van der Waals surface area contributed by atoms with Gasteiger partial charge in [-0.25, -0.2) is 0 Å². The number of halogens is 3. The lowest BCUT2D eigenvalue weighted by Gasteiger charge is -2.33. The first-order valence-electron chi connectivity index (χ1n) is 10.8. The van der Waals surface area contributed by atoms with E-state index in [0.717, 1.165) is 38.5 Å². The summed E-state index contributed by atoms with van der Waals surface area (Å²) < 4.78 is 40.9. The zero-order valence-corrected chi connectivity index (χ0v) is 16.3. The SMILES string of the molecule is OC1CCC(C#CC2CCC(C#CC3CCC(O)CC3)C(C(F)(F)F)C2)CC1. The van der Waals surface area contributed by atoms with E-state index in [2.05, 4.69) is 23.7 Å². The van der Waals surface area contributed by atoms with Crippen LogP contribution in [0.3, 0.4) is 0 Å². The minimum Gasteiger partial charge on any atom is -0.393 e. The molecular formula is C23H31F3O2. The van der Waals surface area contributed by atoms with Crippen LogP contribution >= 0.6 is 0 Å². The maximum Gasteiger partial charge on any atom is 0.393 e. The Bertz CT molecular complexity index is 620. The molecule has 2 nitrogen and oxygen atoms in total. The van der Waals surface area contributed by atoms with Gasteiger partial charge in [0, 0.05) is 23.7 Å². The second-order valence-corrected chi connectivity index (χ2v) is 8.85. The maximum absolute atomic E-state index is 13.6. The van der Waals surface area contributed by atoms with Crippen LogP contribution in [0.2, 0.25) is 0 Å². The van der Waals surface area contributed by atoms with Crippen molar-refractivity contribution in [3.63, 3.8) is 0 Å². The molecule has 3 fully saturated rings. The highest BCUT2D eigenvalue weighted by atomic mass is 19.4. The standard InChI is InChI=1S/C23H31F3O2/c24-23(25,26)22-15-18(2-1-16-5-11-20(27)12-6-16)4-10-19(22)9-3-17-7-13-21(28)14-8-17/h16-22,27-28H,4-8,10-15H2. The van der Waals surface area contributed by atoms with Gasteiger partial charge in [0.25, 0.3) is 0 Å². The van der Waals surface area contributed by atoms with Gasteiger partial charge in [-0.1, -0.05) is 23.7 Å². The summed E-state index contributed by atoms with van der Waals surface area (Å²) in [7, 11) is 0. The summed E-state index contributed by atoms with van der Waals surface area (Å²) in [6, 6.07) is 0. The average molecular weight is 396 g/mol. The molecule has 0 saturated heterocycles. The third-order valence-electron chi connectivity index (χ3n) is 6.63. The average Bonchev–Trinajstić information content (AvgIpc) is 2.67. The summed E-state index contributed by atoms with van der Waals surface area (Å²) in [6.45, 7) is 0. The van der Waals surface area contributed by atoms with Gasteiger partial charge in [-0.3, -0.25) is 0 Å². The van der Waals surface area contributed by atoms with Gasteiger partial charge in [0.2, 0.25) is 0 Å². The van der Waals surface area contributed by atoms with E-state index in [9.17, 15) is 23.4 Å². The molecule has 2 N–H and O–H groups in total. The molecule has 0 aromatic rings. The summed E-state index contributed by atoms with van der Waals surface area (Å²) in [4.78, 5) is 0. The van der Waals surface area contributed by atoms with E-state index in [0.29, 0.717) is 25.7 Å². The molecule has 0 aromatic heterocycles. The van der Waals surface area contributed by atoms with Crippen LogP contribution in [0.25, 0.3) is 0 Å². The predicted molar refractivity (Wildman–Crippen MR) is 102 cm³/mol. The van der Waals surface area contributed by atoms with Gasteiger partial charge >= 0.3 is 6.18 Å². The molecular weight excluding hydrogens is 365 g/mol. The highest BCUT2D eigenvalue weighted by Crippen LogP contribution is 2.43. The molecule has 0 aromatic carbocycles. The van der Waals surface area contributed by atoms with E-state index in [1.807, 2.05) is 0 Å². The highest BCUT2D eigenvalue weighted by Gasteiger charge is 2.47. The van der Waals surface area contributed by atoms with Crippen LogP contribution in [-0.2, 0) is 0 Å². The van der Waals surface area contributed by atoms with Crippen molar-refractivity contribution in [3.05, 3.63) is 0 Å². The van der Waals surface area contributed by atoms with Crippen molar-refractivity contribution in [1.82, 2.24) is 0 Å². The number of aliphatic hydroxyl groups is 2. The number of hydrogen-bond acceptors (Lipinski definition) is 2. The molecule has 28 heavy (non-hydrogen) atoms. The molecule has 3 atom stereocenters. The summed E-state index contributed by atoms with van der Waals surface area (Å²) in [5.74, 6) is 10.5. The highest BCUT2D eigenvalue weighted by molar-refractivity contribution is 5.15. The van der Waals surface area contributed by atoms with Crippen molar-refractivity contribution in [3.8, 4) is 23.7 Å². The quantitative estimate of drug-likeness (QED) is 0.583. The Morgan fingerprint density at radius 1 is 0.571 bits per heavy atom. The van der Waals surface area contributed by atoms with Gasteiger partial charge in [0.05, 0.1) is 18.1 Å². The second kappa shape index (κ2) is 9.55. The normalized spacial score (nSPS) is 39.2. The van der Waals surface area contributed by atoms with Crippen LogP contribution < -0.4 is 0 Å². The minimum absolute atomic E-state index is 0.0502. The van der Waals surface area contributed by atoms with Crippen LogP contribution in [0.15, 0.2) is 0 Å². The Balaban J connectivity index is 1.59. The monoisotopic (exact) mass is 396 g/mol. The molecule has 0 amide bonds. The molecule has 0 radical (unpaired) electrons. The Hall–Kier alpha value is -1.17. The van der Waals surface area contributed by atoms with Crippen LogP contribution in [0.1, 0.15) is 70.6 Å². The zero-order valence-electron chi connectivity index (χ0n) is 16.3. The Labute approximate surface area is 166 Å². The third kappa shape index (κ3) is 6.16. The van der Waals surface area contributed by atoms with Crippen molar-refractivity contribution >= 4 is 0 Å². The first-order valence-corrected chi connectivity index (χ1v) is 10.8. The van der Waals surface area contributed by atoms with Crippen molar-refractivity contribution in [2.24, 2.45) is 29.6 Å². The number of hydrogen-bond donors (Lipinski definition) is 2. The van der Waals surface area contributed by atoms with E-state index < -0.39 is 18.0 Å². The molecule has 3 aliphatic carbocycles. The third-order valence-corrected chi connectivity index (χ3v) is 6.63. The molecule has 3 aliphatic rings. The molecule has 0 bridgehead atoms. The molecule has 0 aliphatic heterocycles. The van der Waals surface area contributed by atoms with Crippen LogP contribution in [0, 0.1) is 53.3 Å². The smallest absolute Gasteiger partial charge is 0.393 e. The first kappa shape index (κ1) is 21.5. The van der Waals surface area contributed by atoms with Gasteiger partial charge in [0.15, 0.2) is 0 Å². The summed E-state index contributed by atoms with van der Waals surface area (Å²) in [5, 5.41) is 19.1. The summed E-state index contributed by atoms with van der Waals surface area (Å²) in [5.41, 5.74) is 0. The van der Waals surface area contributed by atoms with E-state index in [1.165, 1.54) is 0 Å². The summed E-state index contributed by atoms with van der Waals surface area (Å²) in [6.07, 6.45) is 2.54. The lowest BCUT2D eigenvalue weighted by molar-refractivity contribution is -0.192. The number of rotatable bonds is 0. The molecule has 156 valence electrons. The number of aliphatic hydroxyl groups excluding tert-OH is 2. The van der Waals surface area contributed by atoms with E-state index >= 15 is 0 Å². The molecule has 5 heteroatoms.